The normalized spacial score (nSPS) is 19.6. The number of likely N-dealkylation sites (tertiary alicyclic amines) is 1. The van der Waals surface area contributed by atoms with E-state index in [9.17, 15) is 14.3 Å². The maximum atomic E-state index is 12.8. The van der Waals surface area contributed by atoms with E-state index in [0.29, 0.717) is 12.4 Å². The van der Waals surface area contributed by atoms with Crippen molar-refractivity contribution in [2.24, 2.45) is 0 Å². The zero-order valence-electron chi connectivity index (χ0n) is 9.20. The second kappa shape index (κ2) is 4.92. The first-order chi connectivity index (χ1) is 8.13. The van der Waals surface area contributed by atoms with E-state index >= 15 is 0 Å². The summed E-state index contributed by atoms with van der Waals surface area (Å²) in [4.78, 5) is 13.8. The number of alkyl halides is 1. The summed E-state index contributed by atoms with van der Waals surface area (Å²) in [5.41, 5.74) is 0.128. The molecule has 0 aliphatic carbocycles. The Morgan fingerprint density at radius 1 is 1.59 bits per heavy atom. The molecule has 1 heterocycles. The van der Waals surface area contributed by atoms with Crippen molar-refractivity contribution in [1.29, 1.82) is 0 Å². The molecule has 1 aromatic carbocycles. The Labute approximate surface area is 104 Å². The van der Waals surface area contributed by atoms with E-state index in [1.807, 2.05) is 0 Å². The predicted octanol–water partition coefficient (Wildman–Crippen LogP) is 2.37. The van der Waals surface area contributed by atoms with Gasteiger partial charge in [0.2, 0.25) is 0 Å². The maximum absolute atomic E-state index is 12.8. The fourth-order valence-corrected chi connectivity index (χ4v) is 2.42. The minimum atomic E-state index is -0.561. The van der Waals surface area contributed by atoms with Gasteiger partial charge in [-0.15, -0.1) is 11.6 Å². The van der Waals surface area contributed by atoms with Crippen molar-refractivity contribution >= 4 is 17.5 Å². The molecule has 17 heavy (non-hydrogen) atoms. The fraction of sp³-hybridized carbons (Fsp3) is 0.417. The molecule has 92 valence electrons. The van der Waals surface area contributed by atoms with Crippen LogP contribution in [0.2, 0.25) is 0 Å². The Balaban J connectivity index is 2.24. The molecular formula is C12H13ClFNO2. The van der Waals surface area contributed by atoms with Gasteiger partial charge in [-0.2, -0.15) is 0 Å². The highest BCUT2D eigenvalue weighted by molar-refractivity contribution is 6.18. The Morgan fingerprint density at radius 2 is 2.35 bits per heavy atom. The molecule has 1 atom stereocenters. The zero-order valence-corrected chi connectivity index (χ0v) is 9.95. The van der Waals surface area contributed by atoms with Crippen molar-refractivity contribution in [1.82, 2.24) is 4.90 Å². The van der Waals surface area contributed by atoms with Crippen molar-refractivity contribution < 1.29 is 14.3 Å². The number of carbonyl (C=O) groups excluding carboxylic acids is 1. The van der Waals surface area contributed by atoms with Gasteiger partial charge in [-0.1, -0.05) is 0 Å². The van der Waals surface area contributed by atoms with Gasteiger partial charge >= 0.3 is 0 Å². The van der Waals surface area contributed by atoms with Crippen LogP contribution in [-0.2, 0) is 0 Å². The van der Waals surface area contributed by atoms with E-state index < -0.39 is 5.82 Å². The van der Waals surface area contributed by atoms with E-state index in [4.69, 9.17) is 11.6 Å². The van der Waals surface area contributed by atoms with E-state index in [2.05, 4.69) is 0 Å². The lowest BCUT2D eigenvalue weighted by Crippen LogP contribution is -2.36. The third kappa shape index (κ3) is 2.36. The quantitative estimate of drug-likeness (QED) is 0.827. The number of benzene rings is 1. The van der Waals surface area contributed by atoms with Crippen LogP contribution >= 0.6 is 11.6 Å². The lowest BCUT2D eigenvalue weighted by Gasteiger charge is -2.23. The predicted molar refractivity (Wildman–Crippen MR) is 62.8 cm³/mol. The summed E-state index contributed by atoms with van der Waals surface area (Å²) < 4.78 is 12.8. The van der Waals surface area contributed by atoms with Crippen LogP contribution in [0.4, 0.5) is 4.39 Å². The third-order valence-corrected chi connectivity index (χ3v) is 3.36. The summed E-state index contributed by atoms with van der Waals surface area (Å²) >= 11 is 5.78. The highest BCUT2D eigenvalue weighted by Gasteiger charge is 2.29. The van der Waals surface area contributed by atoms with Crippen molar-refractivity contribution in [2.75, 3.05) is 12.4 Å². The molecule has 0 saturated carbocycles. The molecule has 0 aromatic heterocycles. The lowest BCUT2D eigenvalue weighted by atomic mass is 10.1. The fourth-order valence-electron chi connectivity index (χ4n) is 2.10. The molecule has 0 radical (unpaired) electrons. The molecule has 1 unspecified atom stereocenters. The highest BCUT2D eigenvalue weighted by Crippen LogP contribution is 2.25. The molecule has 1 aromatic rings. The summed E-state index contributed by atoms with van der Waals surface area (Å²) in [5.74, 6) is -0.788. The molecule has 1 amide bonds. The Kier molecular flexibility index (Phi) is 3.52. The van der Waals surface area contributed by atoms with Crippen molar-refractivity contribution in [3.63, 3.8) is 0 Å². The van der Waals surface area contributed by atoms with Crippen LogP contribution in [-0.4, -0.2) is 34.4 Å². The smallest absolute Gasteiger partial charge is 0.257 e. The maximum Gasteiger partial charge on any atom is 0.257 e. The Morgan fingerprint density at radius 3 is 3.00 bits per heavy atom. The van der Waals surface area contributed by atoms with Crippen LogP contribution in [0, 0.1) is 5.82 Å². The van der Waals surface area contributed by atoms with E-state index in [0.717, 1.165) is 18.9 Å². The van der Waals surface area contributed by atoms with Crippen LogP contribution in [0.5, 0.6) is 5.75 Å². The number of halogens is 2. The van der Waals surface area contributed by atoms with Crippen LogP contribution in [0.25, 0.3) is 0 Å². The van der Waals surface area contributed by atoms with E-state index in [-0.39, 0.29) is 23.3 Å². The molecular weight excluding hydrogens is 245 g/mol. The summed E-state index contributed by atoms with van der Waals surface area (Å²) in [6, 6.07) is 3.42. The first-order valence-electron chi connectivity index (χ1n) is 5.49. The van der Waals surface area contributed by atoms with Crippen LogP contribution in [0.1, 0.15) is 23.2 Å². The average molecular weight is 258 g/mol. The van der Waals surface area contributed by atoms with Gasteiger partial charge < -0.3 is 10.0 Å². The number of carbonyl (C=O) groups is 1. The van der Waals surface area contributed by atoms with E-state index in [1.165, 1.54) is 12.1 Å². The molecule has 5 heteroatoms. The minimum Gasteiger partial charge on any atom is -0.507 e. The number of aromatic hydroxyl groups is 1. The number of nitrogens with zero attached hydrogens (tertiary/aromatic N) is 1. The van der Waals surface area contributed by atoms with Crippen molar-refractivity contribution in [3.05, 3.63) is 29.6 Å². The number of amides is 1. The van der Waals surface area contributed by atoms with Gasteiger partial charge in [0.1, 0.15) is 11.6 Å². The van der Waals surface area contributed by atoms with Gasteiger partial charge in [0.25, 0.3) is 5.91 Å². The first-order valence-corrected chi connectivity index (χ1v) is 6.02. The number of hydrogen-bond donors (Lipinski definition) is 1. The third-order valence-electron chi connectivity index (χ3n) is 3.01. The van der Waals surface area contributed by atoms with E-state index in [1.54, 1.807) is 4.90 Å². The van der Waals surface area contributed by atoms with Gasteiger partial charge in [0, 0.05) is 24.5 Å². The molecule has 2 rings (SSSR count). The summed E-state index contributed by atoms with van der Waals surface area (Å²) in [6.45, 7) is 0.632. The lowest BCUT2D eigenvalue weighted by molar-refractivity contribution is 0.0746. The minimum absolute atomic E-state index is 0.00798. The molecule has 1 N–H and O–H groups in total. The second-order valence-electron chi connectivity index (χ2n) is 4.11. The summed E-state index contributed by atoms with van der Waals surface area (Å²) in [7, 11) is 0. The van der Waals surface area contributed by atoms with Crippen LogP contribution in [0.3, 0.4) is 0 Å². The number of hydrogen-bond acceptors (Lipinski definition) is 2. The second-order valence-corrected chi connectivity index (χ2v) is 4.42. The molecule has 0 spiro atoms. The van der Waals surface area contributed by atoms with Crippen molar-refractivity contribution in [3.8, 4) is 5.75 Å². The Hall–Kier alpha value is -1.29. The highest BCUT2D eigenvalue weighted by atomic mass is 35.5. The van der Waals surface area contributed by atoms with Gasteiger partial charge in [0.15, 0.2) is 0 Å². The number of rotatable bonds is 2. The molecule has 1 fully saturated rings. The molecule has 3 nitrogen and oxygen atoms in total. The Bertz CT molecular complexity index is 439. The van der Waals surface area contributed by atoms with Crippen molar-refractivity contribution in [2.45, 2.75) is 18.9 Å². The van der Waals surface area contributed by atoms with Gasteiger partial charge in [-0.05, 0) is 25.0 Å². The van der Waals surface area contributed by atoms with Gasteiger partial charge in [-0.3, -0.25) is 4.79 Å². The number of phenols is 1. The molecule has 1 saturated heterocycles. The zero-order chi connectivity index (χ0) is 12.4. The average Bonchev–Trinajstić information content (AvgIpc) is 2.76. The largest absolute Gasteiger partial charge is 0.507 e. The standard InChI is InChI=1S/C12H13ClFNO2/c13-7-9-2-1-5-15(9)12(17)10-4-3-8(14)6-11(10)16/h3-4,6,9,16H,1-2,5,7H2. The van der Waals surface area contributed by atoms with Crippen LogP contribution in [0.15, 0.2) is 18.2 Å². The molecule has 1 aliphatic heterocycles. The van der Waals surface area contributed by atoms with Gasteiger partial charge in [-0.25, -0.2) is 4.39 Å². The monoisotopic (exact) mass is 257 g/mol. The SMILES string of the molecule is O=C(c1ccc(F)cc1O)N1CCCC1CCl. The van der Waals surface area contributed by atoms with Gasteiger partial charge in [0.05, 0.1) is 5.56 Å². The van der Waals surface area contributed by atoms with Crippen LogP contribution < -0.4 is 0 Å². The first kappa shape index (κ1) is 12.2. The molecule has 1 aliphatic rings. The summed E-state index contributed by atoms with van der Waals surface area (Å²) in [6.07, 6.45) is 1.78. The summed E-state index contributed by atoms with van der Waals surface area (Å²) in [5, 5.41) is 9.56. The number of phenolic OH excluding ortho intramolecular Hbond substituents is 1. The molecule has 0 bridgehead atoms. The topological polar surface area (TPSA) is 40.5 Å².